The van der Waals surface area contributed by atoms with Gasteiger partial charge in [0.2, 0.25) is 0 Å². The van der Waals surface area contributed by atoms with Crippen molar-refractivity contribution in [3.63, 3.8) is 0 Å². The van der Waals surface area contributed by atoms with Crippen LogP contribution in [0.1, 0.15) is 75.3 Å². The Bertz CT molecular complexity index is 912. The number of benzene rings is 2. The number of fused-ring (bicyclic) bond motifs is 3. The summed E-state index contributed by atoms with van der Waals surface area (Å²) in [6, 6.07) is 11.9. The van der Waals surface area contributed by atoms with Crippen LogP contribution in [0.5, 0.6) is 0 Å². The van der Waals surface area contributed by atoms with E-state index in [2.05, 4.69) is 96.2 Å². The van der Waals surface area contributed by atoms with Crippen LogP contribution in [0.15, 0.2) is 54.6 Å². The third-order valence-corrected chi connectivity index (χ3v) is 5.88. The maximum absolute atomic E-state index is 2.44. The first kappa shape index (κ1) is 17.3. The molecule has 0 radical (unpaired) electrons. The molecule has 0 spiro atoms. The molecule has 0 saturated heterocycles. The molecule has 26 heavy (non-hydrogen) atoms. The van der Waals surface area contributed by atoms with Gasteiger partial charge in [-0.15, -0.1) is 0 Å². The first-order chi connectivity index (χ1) is 12.2. The number of hydrogen-bond acceptors (Lipinski definition) is 0. The van der Waals surface area contributed by atoms with Crippen LogP contribution < -0.4 is 0 Å². The predicted molar refractivity (Wildman–Crippen MR) is 113 cm³/mol. The Kier molecular flexibility index (Phi) is 3.81. The molecule has 0 aromatic heterocycles. The molecule has 0 heteroatoms. The molecule has 0 nitrogen and oxygen atoms in total. The molecule has 0 N–H and O–H groups in total. The summed E-state index contributed by atoms with van der Waals surface area (Å²) in [5.41, 5.74) is 10.7. The molecule has 2 aliphatic rings. The maximum Gasteiger partial charge on any atom is 0.0210 e. The van der Waals surface area contributed by atoms with E-state index in [0.717, 1.165) is 6.42 Å². The summed E-state index contributed by atoms with van der Waals surface area (Å²) < 4.78 is 0. The number of rotatable bonds is 1. The second-order valence-corrected chi connectivity index (χ2v) is 9.90. The van der Waals surface area contributed by atoms with Crippen LogP contribution in [0.2, 0.25) is 0 Å². The SMILES string of the molecule is CC(C)(C)c1ccc2c(c1)Cc1c-2ccc(C(C)(C)C)c1C1C=CC=C1. The van der Waals surface area contributed by atoms with E-state index in [9.17, 15) is 0 Å². The number of allylic oxidation sites excluding steroid dienone is 4. The average Bonchev–Trinajstić information content (AvgIpc) is 3.18. The zero-order chi connectivity index (χ0) is 18.7. The zero-order valence-corrected chi connectivity index (χ0v) is 17.0. The lowest BCUT2D eigenvalue weighted by Gasteiger charge is -2.27. The lowest BCUT2D eigenvalue weighted by atomic mass is 9.77. The van der Waals surface area contributed by atoms with Gasteiger partial charge in [0.15, 0.2) is 0 Å². The minimum Gasteiger partial charge on any atom is -0.0732 e. The Hall–Kier alpha value is -2.08. The van der Waals surface area contributed by atoms with Gasteiger partial charge in [-0.1, -0.05) is 96.2 Å². The van der Waals surface area contributed by atoms with Gasteiger partial charge in [-0.05, 0) is 56.2 Å². The lowest BCUT2D eigenvalue weighted by Crippen LogP contribution is -2.16. The van der Waals surface area contributed by atoms with Crippen molar-refractivity contribution in [3.8, 4) is 11.1 Å². The number of hydrogen-bond donors (Lipinski definition) is 0. The predicted octanol–water partition coefficient (Wildman–Crippen LogP) is 7.06. The van der Waals surface area contributed by atoms with Gasteiger partial charge < -0.3 is 0 Å². The third-order valence-electron chi connectivity index (χ3n) is 5.88. The minimum absolute atomic E-state index is 0.153. The van der Waals surface area contributed by atoms with Gasteiger partial charge in [0.25, 0.3) is 0 Å². The summed E-state index contributed by atoms with van der Waals surface area (Å²) in [7, 11) is 0. The van der Waals surface area contributed by atoms with Crippen molar-refractivity contribution in [2.45, 2.75) is 64.7 Å². The first-order valence-corrected chi connectivity index (χ1v) is 9.81. The fourth-order valence-corrected chi connectivity index (χ4v) is 4.43. The summed E-state index contributed by atoms with van der Waals surface area (Å²) in [6.45, 7) is 13.9. The van der Waals surface area contributed by atoms with Gasteiger partial charge in [-0.2, -0.15) is 0 Å². The molecule has 0 unspecified atom stereocenters. The van der Waals surface area contributed by atoms with E-state index in [1.807, 2.05) is 0 Å². The van der Waals surface area contributed by atoms with Gasteiger partial charge in [-0.25, -0.2) is 0 Å². The molecule has 134 valence electrons. The smallest absolute Gasteiger partial charge is 0.0210 e. The van der Waals surface area contributed by atoms with Gasteiger partial charge in [0.1, 0.15) is 0 Å². The maximum atomic E-state index is 2.44. The topological polar surface area (TPSA) is 0 Å². The first-order valence-electron chi connectivity index (χ1n) is 9.81. The lowest BCUT2D eigenvalue weighted by molar-refractivity contribution is 0.581. The molecule has 0 fully saturated rings. The Labute approximate surface area is 158 Å². The Morgan fingerprint density at radius 3 is 2.04 bits per heavy atom. The standard InChI is InChI=1S/C26H30/c1-25(2,3)19-11-12-20-18(15-19)16-22-21(20)13-14-23(26(4,5)6)24(22)17-9-7-8-10-17/h7-15,17H,16H2,1-6H3. The summed E-state index contributed by atoms with van der Waals surface area (Å²) in [4.78, 5) is 0. The Morgan fingerprint density at radius 1 is 0.769 bits per heavy atom. The normalized spacial score (nSPS) is 16.2. The highest BCUT2D eigenvalue weighted by molar-refractivity contribution is 5.80. The van der Waals surface area contributed by atoms with E-state index in [-0.39, 0.29) is 10.8 Å². The molecular formula is C26H30. The fourth-order valence-electron chi connectivity index (χ4n) is 4.43. The van der Waals surface area contributed by atoms with Crippen LogP contribution in [0.25, 0.3) is 11.1 Å². The molecule has 4 rings (SSSR count). The monoisotopic (exact) mass is 342 g/mol. The van der Waals surface area contributed by atoms with E-state index in [1.165, 1.54) is 33.4 Å². The van der Waals surface area contributed by atoms with Crippen molar-refractivity contribution in [2.75, 3.05) is 0 Å². The van der Waals surface area contributed by atoms with E-state index >= 15 is 0 Å². The second kappa shape index (κ2) is 5.71. The van der Waals surface area contributed by atoms with Crippen molar-refractivity contribution >= 4 is 0 Å². The van der Waals surface area contributed by atoms with Crippen molar-refractivity contribution in [3.05, 3.63) is 82.5 Å². The molecule has 2 aromatic carbocycles. The summed E-state index contributed by atoms with van der Waals surface area (Å²) in [5, 5.41) is 0. The highest BCUT2D eigenvalue weighted by Crippen LogP contribution is 2.46. The van der Waals surface area contributed by atoms with Gasteiger partial charge in [-0.3, -0.25) is 0 Å². The average molecular weight is 343 g/mol. The zero-order valence-electron chi connectivity index (χ0n) is 17.0. The van der Waals surface area contributed by atoms with E-state index in [4.69, 9.17) is 0 Å². The van der Waals surface area contributed by atoms with E-state index in [1.54, 1.807) is 5.56 Å². The van der Waals surface area contributed by atoms with Crippen molar-refractivity contribution in [2.24, 2.45) is 0 Å². The molecule has 0 bridgehead atoms. The van der Waals surface area contributed by atoms with Crippen molar-refractivity contribution < 1.29 is 0 Å². The largest absolute Gasteiger partial charge is 0.0732 e. The molecule has 0 heterocycles. The van der Waals surface area contributed by atoms with Crippen LogP contribution in [0.3, 0.4) is 0 Å². The third kappa shape index (κ3) is 2.76. The molecule has 0 atom stereocenters. The van der Waals surface area contributed by atoms with Gasteiger partial charge >= 0.3 is 0 Å². The molecule has 0 saturated carbocycles. The van der Waals surface area contributed by atoms with Crippen LogP contribution >= 0.6 is 0 Å². The summed E-state index contributed by atoms with van der Waals surface area (Å²) in [6.07, 6.45) is 10.1. The van der Waals surface area contributed by atoms with Crippen molar-refractivity contribution in [1.29, 1.82) is 0 Å². The van der Waals surface area contributed by atoms with Crippen molar-refractivity contribution in [1.82, 2.24) is 0 Å². The van der Waals surface area contributed by atoms with Crippen LogP contribution in [0.4, 0.5) is 0 Å². The molecule has 0 aliphatic heterocycles. The van der Waals surface area contributed by atoms with Crippen LogP contribution in [-0.2, 0) is 17.3 Å². The highest BCUT2D eigenvalue weighted by Gasteiger charge is 2.30. The van der Waals surface area contributed by atoms with Crippen LogP contribution in [0, 0.1) is 0 Å². The Morgan fingerprint density at radius 2 is 1.42 bits per heavy atom. The van der Waals surface area contributed by atoms with Crippen LogP contribution in [-0.4, -0.2) is 0 Å². The van der Waals surface area contributed by atoms with Gasteiger partial charge in [0.05, 0.1) is 0 Å². The summed E-state index contributed by atoms with van der Waals surface area (Å²) in [5.74, 6) is 0.413. The summed E-state index contributed by atoms with van der Waals surface area (Å²) >= 11 is 0. The molecule has 0 amide bonds. The molecular weight excluding hydrogens is 312 g/mol. The highest BCUT2D eigenvalue weighted by atomic mass is 14.3. The Balaban J connectivity index is 1.90. The minimum atomic E-state index is 0.153. The fraction of sp³-hybridized carbons (Fsp3) is 0.385. The second-order valence-electron chi connectivity index (χ2n) is 9.90. The van der Waals surface area contributed by atoms with Gasteiger partial charge in [0, 0.05) is 5.92 Å². The molecule has 2 aromatic rings. The van der Waals surface area contributed by atoms with E-state index in [0.29, 0.717) is 5.92 Å². The quantitative estimate of drug-likeness (QED) is 0.444. The molecule has 2 aliphatic carbocycles. The van der Waals surface area contributed by atoms with E-state index < -0.39 is 0 Å².